The molecular formula is C35H21N3. The van der Waals surface area contributed by atoms with Gasteiger partial charge < -0.3 is 4.90 Å². The Labute approximate surface area is 222 Å². The molecule has 0 fully saturated rings. The van der Waals surface area contributed by atoms with Gasteiger partial charge in [0.05, 0.1) is 35.0 Å². The summed E-state index contributed by atoms with van der Waals surface area (Å²) in [5, 5.41) is 9.94. The SMILES string of the molecule is [C-]#[N+]c1ccc2c(c1)C1(c3cc(C#N)ccc3C=C2)c2ccccc2N(c2ccccc2)c2ccccc21. The molecule has 0 unspecified atom stereocenters. The first kappa shape index (κ1) is 21.9. The summed E-state index contributed by atoms with van der Waals surface area (Å²) in [4.78, 5) is 6.13. The van der Waals surface area contributed by atoms with Gasteiger partial charge in [-0.2, -0.15) is 5.26 Å². The largest absolute Gasteiger partial charge is 0.310 e. The van der Waals surface area contributed by atoms with Crippen LogP contribution in [0.2, 0.25) is 0 Å². The second-order valence-electron chi connectivity index (χ2n) is 9.59. The van der Waals surface area contributed by atoms with Crippen molar-refractivity contribution in [2.24, 2.45) is 0 Å². The van der Waals surface area contributed by atoms with E-state index in [0.29, 0.717) is 11.3 Å². The van der Waals surface area contributed by atoms with Crippen molar-refractivity contribution in [2.75, 3.05) is 4.90 Å². The first-order chi connectivity index (χ1) is 18.8. The second kappa shape index (κ2) is 8.34. The van der Waals surface area contributed by atoms with Gasteiger partial charge in [0.2, 0.25) is 0 Å². The predicted octanol–water partition coefficient (Wildman–Crippen LogP) is 8.76. The summed E-state index contributed by atoms with van der Waals surface area (Å²) in [6.07, 6.45) is 4.27. The minimum atomic E-state index is -0.736. The molecule has 0 aromatic heterocycles. The number of benzene rings is 5. The lowest BCUT2D eigenvalue weighted by molar-refractivity contribution is 0.729. The van der Waals surface area contributed by atoms with E-state index in [1.54, 1.807) is 0 Å². The van der Waals surface area contributed by atoms with E-state index in [9.17, 15) is 5.26 Å². The summed E-state index contributed by atoms with van der Waals surface area (Å²) < 4.78 is 0. The van der Waals surface area contributed by atoms with Crippen molar-refractivity contribution in [1.82, 2.24) is 0 Å². The maximum Gasteiger partial charge on any atom is 0.187 e. The van der Waals surface area contributed by atoms with Crippen molar-refractivity contribution in [3.05, 3.63) is 166 Å². The van der Waals surface area contributed by atoms with Crippen molar-refractivity contribution in [1.29, 1.82) is 5.26 Å². The fraction of sp³-hybridized carbons (Fsp3) is 0.0286. The smallest absolute Gasteiger partial charge is 0.187 e. The van der Waals surface area contributed by atoms with Gasteiger partial charge in [0.25, 0.3) is 0 Å². The van der Waals surface area contributed by atoms with Gasteiger partial charge in [-0.3, -0.25) is 0 Å². The van der Waals surface area contributed by atoms with Crippen molar-refractivity contribution in [3.63, 3.8) is 0 Å². The minimum Gasteiger partial charge on any atom is -0.310 e. The van der Waals surface area contributed by atoms with E-state index in [1.807, 2.05) is 42.5 Å². The first-order valence-electron chi connectivity index (χ1n) is 12.5. The molecule has 3 heteroatoms. The molecule has 1 spiro atoms. The molecule has 7 rings (SSSR count). The Kier molecular flexibility index (Phi) is 4.80. The molecular weight excluding hydrogens is 462 g/mol. The van der Waals surface area contributed by atoms with Gasteiger partial charge in [-0.05, 0) is 69.8 Å². The molecule has 1 aliphatic heterocycles. The van der Waals surface area contributed by atoms with Crippen LogP contribution in [0.4, 0.5) is 22.7 Å². The quantitative estimate of drug-likeness (QED) is 0.219. The van der Waals surface area contributed by atoms with Crippen LogP contribution in [0.25, 0.3) is 17.0 Å². The molecule has 5 aromatic carbocycles. The highest BCUT2D eigenvalue weighted by molar-refractivity contribution is 5.93. The third kappa shape index (κ3) is 2.94. The Bertz CT molecular complexity index is 1730. The molecule has 1 aliphatic carbocycles. The van der Waals surface area contributed by atoms with E-state index >= 15 is 0 Å². The lowest BCUT2D eigenvalue weighted by atomic mass is 9.61. The molecule has 3 nitrogen and oxygen atoms in total. The number of hydrogen-bond acceptors (Lipinski definition) is 2. The normalized spacial score (nSPS) is 13.8. The zero-order chi connectivity index (χ0) is 25.7. The molecule has 1 heterocycles. The van der Waals surface area contributed by atoms with Crippen LogP contribution in [0, 0.1) is 17.9 Å². The van der Waals surface area contributed by atoms with E-state index < -0.39 is 5.41 Å². The van der Waals surface area contributed by atoms with Crippen LogP contribution in [0.15, 0.2) is 115 Å². The number of nitrogens with zero attached hydrogens (tertiary/aromatic N) is 3. The topological polar surface area (TPSA) is 31.4 Å². The van der Waals surface area contributed by atoms with Crippen molar-refractivity contribution >= 4 is 34.9 Å². The molecule has 38 heavy (non-hydrogen) atoms. The van der Waals surface area contributed by atoms with Gasteiger partial charge in [0.1, 0.15) is 0 Å². The number of fused-ring (bicyclic) bond motifs is 8. The average Bonchev–Trinajstić information content (AvgIpc) is 3.12. The molecule has 0 N–H and O–H groups in total. The lowest BCUT2D eigenvalue weighted by Crippen LogP contribution is -2.38. The van der Waals surface area contributed by atoms with Gasteiger partial charge in [-0.25, -0.2) is 4.85 Å². The summed E-state index contributed by atoms with van der Waals surface area (Å²) >= 11 is 0. The van der Waals surface area contributed by atoms with Crippen molar-refractivity contribution in [2.45, 2.75) is 5.41 Å². The number of rotatable bonds is 1. The summed E-state index contributed by atoms with van der Waals surface area (Å²) in [5.41, 5.74) is 10.1. The zero-order valence-electron chi connectivity index (χ0n) is 20.5. The Morgan fingerprint density at radius 2 is 1.21 bits per heavy atom. The Hall–Kier alpha value is -5.38. The zero-order valence-corrected chi connectivity index (χ0v) is 20.5. The van der Waals surface area contributed by atoms with Crippen LogP contribution < -0.4 is 4.90 Å². The van der Waals surface area contributed by atoms with Gasteiger partial charge in [0, 0.05) is 5.69 Å². The molecule has 0 saturated heterocycles. The number of anilines is 3. The Morgan fingerprint density at radius 3 is 1.84 bits per heavy atom. The highest BCUT2D eigenvalue weighted by atomic mass is 15.2. The number of para-hydroxylation sites is 3. The summed E-state index contributed by atoms with van der Waals surface area (Å²) in [5.74, 6) is 0. The van der Waals surface area contributed by atoms with Crippen molar-refractivity contribution in [3.8, 4) is 6.07 Å². The van der Waals surface area contributed by atoms with Gasteiger partial charge in [0.15, 0.2) is 5.69 Å². The molecule has 2 aliphatic rings. The number of nitriles is 1. The van der Waals surface area contributed by atoms with Crippen LogP contribution in [-0.2, 0) is 5.41 Å². The Balaban J connectivity index is 1.71. The van der Waals surface area contributed by atoms with Crippen LogP contribution >= 0.6 is 0 Å². The van der Waals surface area contributed by atoms with E-state index in [2.05, 4.69) is 101 Å². The third-order valence-electron chi connectivity index (χ3n) is 7.71. The second-order valence-corrected chi connectivity index (χ2v) is 9.59. The summed E-state index contributed by atoms with van der Waals surface area (Å²) in [6, 6.07) is 41.8. The van der Waals surface area contributed by atoms with Gasteiger partial charge in [-0.15, -0.1) is 0 Å². The fourth-order valence-corrected chi connectivity index (χ4v) is 6.19. The minimum absolute atomic E-state index is 0.594. The standard InChI is InChI=1S/C35H21N3/c1-37-27-20-19-26-18-17-25-16-15-24(23-36)21-31(25)35(32(26)22-27)29-11-5-7-13-33(29)38(28-9-3-2-4-10-28)34-14-8-6-12-30(34)35/h2-22H. The van der Waals surface area contributed by atoms with E-state index in [4.69, 9.17) is 6.57 Å². The summed E-state index contributed by atoms with van der Waals surface area (Å²) in [7, 11) is 0. The number of hydrogen-bond donors (Lipinski definition) is 0. The van der Waals surface area contributed by atoms with Gasteiger partial charge >= 0.3 is 0 Å². The molecule has 0 radical (unpaired) electrons. The molecule has 5 aromatic rings. The van der Waals surface area contributed by atoms with E-state index in [1.165, 1.54) is 0 Å². The summed E-state index contributed by atoms with van der Waals surface area (Å²) in [6.45, 7) is 7.82. The average molecular weight is 484 g/mol. The van der Waals surface area contributed by atoms with Crippen LogP contribution in [-0.4, -0.2) is 0 Å². The molecule has 176 valence electrons. The predicted molar refractivity (Wildman–Crippen MR) is 153 cm³/mol. The third-order valence-corrected chi connectivity index (χ3v) is 7.71. The van der Waals surface area contributed by atoms with Crippen LogP contribution in [0.3, 0.4) is 0 Å². The fourth-order valence-electron chi connectivity index (χ4n) is 6.19. The molecule has 0 bridgehead atoms. The van der Waals surface area contributed by atoms with Gasteiger partial charge in [-0.1, -0.05) is 91.0 Å². The highest BCUT2D eigenvalue weighted by Gasteiger charge is 2.48. The highest BCUT2D eigenvalue weighted by Crippen LogP contribution is 2.59. The monoisotopic (exact) mass is 483 g/mol. The van der Waals surface area contributed by atoms with Crippen molar-refractivity contribution < 1.29 is 0 Å². The van der Waals surface area contributed by atoms with E-state index in [0.717, 1.165) is 50.4 Å². The van der Waals surface area contributed by atoms with Crippen LogP contribution in [0.1, 0.15) is 38.9 Å². The maximum atomic E-state index is 9.94. The lowest BCUT2D eigenvalue weighted by Gasteiger charge is -2.47. The van der Waals surface area contributed by atoms with E-state index in [-0.39, 0.29) is 0 Å². The first-order valence-corrected chi connectivity index (χ1v) is 12.5. The Morgan fingerprint density at radius 1 is 0.632 bits per heavy atom. The molecule has 0 saturated carbocycles. The van der Waals surface area contributed by atoms with Crippen LogP contribution in [0.5, 0.6) is 0 Å². The maximum absolute atomic E-state index is 9.94. The molecule has 0 atom stereocenters. The molecule has 0 amide bonds.